The topological polar surface area (TPSA) is 148 Å². The molecule has 0 radical (unpaired) electrons. The summed E-state index contributed by atoms with van der Waals surface area (Å²) in [4.78, 5) is 20.7. The highest BCUT2D eigenvalue weighted by Gasteiger charge is 2.24. The zero-order valence-corrected chi connectivity index (χ0v) is 10.5. The zero-order chi connectivity index (χ0) is 15.4. The quantitative estimate of drug-likeness (QED) is 0.280. The Balaban J connectivity index is 2.25. The fraction of sp³-hybridized carbons (Fsp3) is 0. The lowest BCUT2D eigenvalue weighted by Gasteiger charge is -1.96. The Kier molecular flexibility index (Phi) is 2.14. The van der Waals surface area contributed by atoms with Crippen LogP contribution < -0.4 is 9.84 Å². The second kappa shape index (κ2) is 3.91. The number of benzene rings is 1. The van der Waals surface area contributed by atoms with Crippen molar-refractivity contribution in [3.05, 3.63) is 44.8 Å². The highest BCUT2D eigenvalue weighted by atomic mass is 16.6. The molecule has 12 heteroatoms. The van der Waals surface area contributed by atoms with Crippen LogP contribution >= 0.6 is 0 Å². The molecule has 12 nitrogen and oxygen atoms in total. The molecule has 0 aliphatic rings. The minimum absolute atomic E-state index is 0.00168. The molecule has 108 valence electrons. The van der Waals surface area contributed by atoms with Gasteiger partial charge in [0.15, 0.2) is 5.52 Å². The van der Waals surface area contributed by atoms with Gasteiger partial charge in [0, 0.05) is 6.07 Å². The standard InChI is InChI=1S/C10H4N8O4/c19-16(20)5-1-7-10(8(2-5)17(21)22)14-18-13-6-3-11-12-4-9(6)15(7)18/h1-4H. The van der Waals surface area contributed by atoms with Gasteiger partial charge in [-0.05, 0) is 4.74 Å². The second-order valence-corrected chi connectivity index (χ2v) is 4.39. The van der Waals surface area contributed by atoms with Gasteiger partial charge in [0.2, 0.25) is 0 Å². The summed E-state index contributed by atoms with van der Waals surface area (Å²) >= 11 is 0. The molecule has 0 atom stereocenters. The van der Waals surface area contributed by atoms with Crippen LogP contribution in [0.3, 0.4) is 0 Å². The van der Waals surface area contributed by atoms with Crippen molar-refractivity contribution in [2.24, 2.45) is 0 Å². The maximum absolute atomic E-state index is 11.1. The lowest BCUT2D eigenvalue weighted by Crippen LogP contribution is -2.32. The molecule has 0 unspecified atom stereocenters. The molecule has 4 aromatic rings. The summed E-state index contributed by atoms with van der Waals surface area (Å²) < 4.78 is 2.52. The van der Waals surface area contributed by atoms with Crippen LogP contribution in [0, 0.1) is 20.2 Å². The van der Waals surface area contributed by atoms with Crippen molar-refractivity contribution in [3.8, 4) is 0 Å². The number of nitro benzene ring substituents is 2. The summed E-state index contributed by atoms with van der Waals surface area (Å²) in [7, 11) is 0. The molecule has 0 fully saturated rings. The second-order valence-electron chi connectivity index (χ2n) is 4.39. The molecule has 1 aromatic carbocycles. The van der Waals surface area contributed by atoms with E-state index in [4.69, 9.17) is 0 Å². The van der Waals surface area contributed by atoms with E-state index < -0.39 is 21.2 Å². The molecule has 22 heavy (non-hydrogen) atoms. The Labute approximate surface area is 118 Å². The van der Waals surface area contributed by atoms with E-state index in [1.807, 2.05) is 0 Å². The third-order valence-electron chi connectivity index (χ3n) is 3.17. The van der Waals surface area contributed by atoms with Gasteiger partial charge in [-0.25, -0.2) is 0 Å². The number of nitrogens with zero attached hydrogens (tertiary/aromatic N) is 8. The zero-order valence-electron chi connectivity index (χ0n) is 10.5. The highest BCUT2D eigenvalue weighted by molar-refractivity contribution is 5.88. The van der Waals surface area contributed by atoms with Crippen LogP contribution in [0.4, 0.5) is 11.4 Å². The van der Waals surface area contributed by atoms with E-state index >= 15 is 0 Å². The molecule has 0 aliphatic carbocycles. The summed E-state index contributed by atoms with van der Waals surface area (Å²) in [6.45, 7) is 0. The van der Waals surface area contributed by atoms with Gasteiger partial charge in [0.05, 0.1) is 44.9 Å². The Morgan fingerprint density at radius 3 is 2.59 bits per heavy atom. The minimum Gasteiger partial charge on any atom is -0.258 e. The molecule has 0 spiro atoms. The Morgan fingerprint density at radius 1 is 1.09 bits per heavy atom. The smallest absolute Gasteiger partial charge is 0.258 e. The van der Waals surface area contributed by atoms with E-state index in [0.29, 0.717) is 11.0 Å². The fourth-order valence-corrected chi connectivity index (χ4v) is 2.27. The summed E-state index contributed by atoms with van der Waals surface area (Å²) in [6.07, 6.45) is 2.79. The van der Waals surface area contributed by atoms with Gasteiger partial charge in [-0.15, -0.1) is 0 Å². The number of non-ortho nitro benzene ring substituents is 2. The maximum Gasteiger partial charge on any atom is 0.292 e. The molecule has 3 aromatic heterocycles. The first-order valence-electron chi connectivity index (χ1n) is 5.87. The highest BCUT2D eigenvalue weighted by Crippen LogP contribution is 2.29. The maximum atomic E-state index is 11.1. The first kappa shape index (κ1) is 12.1. The van der Waals surface area contributed by atoms with E-state index in [1.54, 1.807) is 0 Å². The van der Waals surface area contributed by atoms with Gasteiger partial charge in [-0.3, -0.25) is 20.2 Å². The van der Waals surface area contributed by atoms with Gasteiger partial charge in [0.1, 0.15) is 0 Å². The molecular weight excluding hydrogens is 296 g/mol. The SMILES string of the molecule is O=[N+]([O-])c1cc([N+](=O)[O-])c2[n-][n+]3nc4cnncc4n3c2c1. The van der Waals surface area contributed by atoms with Gasteiger partial charge >= 0.3 is 0 Å². The molecule has 0 saturated heterocycles. The van der Waals surface area contributed by atoms with Crippen LogP contribution in [0.2, 0.25) is 0 Å². The molecule has 0 N–H and O–H groups in total. The molecule has 0 bridgehead atoms. The Morgan fingerprint density at radius 2 is 1.86 bits per heavy atom. The fourth-order valence-electron chi connectivity index (χ4n) is 2.27. The van der Waals surface area contributed by atoms with Crippen molar-refractivity contribution < 1.29 is 14.6 Å². The van der Waals surface area contributed by atoms with Crippen molar-refractivity contribution >= 4 is 33.4 Å². The minimum atomic E-state index is -0.718. The van der Waals surface area contributed by atoms with E-state index in [9.17, 15) is 20.2 Å². The predicted molar refractivity (Wildman–Crippen MR) is 68.1 cm³/mol. The molecule has 0 amide bonds. The van der Waals surface area contributed by atoms with E-state index in [-0.39, 0.29) is 11.0 Å². The van der Waals surface area contributed by atoms with Gasteiger partial charge in [0.25, 0.3) is 11.4 Å². The average molecular weight is 300 g/mol. The molecule has 4 rings (SSSR count). The van der Waals surface area contributed by atoms with Crippen molar-refractivity contribution in [2.45, 2.75) is 0 Å². The number of fused-ring (bicyclic) bond motifs is 5. The van der Waals surface area contributed by atoms with Gasteiger partial charge < -0.3 is 0 Å². The van der Waals surface area contributed by atoms with Crippen LogP contribution in [0.15, 0.2) is 24.5 Å². The Hall–Kier alpha value is -3.70. The number of nitro groups is 2. The lowest BCUT2D eigenvalue weighted by atomic mass is 10.2. The lowest BCUT2D eigenvalue weighted by molar-refractivity contribution is -0.727. The van der Waals surface area contributed by atoms with E-state index in [1.165, 1.54) is 23.0 Å². The van der Waals surface area contributed by atoms with Crippen LogP contribution in [0.5, 0.6) is 0 Å². The van der Waals surface area contributed by atoms with E-state index in [0.717, 1.165) is 10.8 Å². The number of rotatable bonds is 2. The van der Waals surface area contributed by atoms with Crippen molar-refractivity contribution in [3.63, 3.8) is 0 Å². The van der Waals surface area contributed by atoms with Crippen molar-refractivity contribution in [1.82, 2.24) is 24.9 Å². The predicted octanol–water partition coefficient (Wildman–Crippen LogP) is -0.210. The monoisotopic (exact) mass is 300 g/mol. The summed E-state index contributed by atoms with van der Waals surface area (Å²) in [6, 6.07) is 2.08. The van der Waals surface area contributed by atoms with Crippen LogP contribution in [-0.4, -0.2) is 29.7 Å². The average Bonchev–Trinajstić information content (AvgIpc) is 3.01. The third-order valence-corrected chi connectivity index (χ3v) is 3.17. The van der Waals surface area contributed by atoms with Crippen LogP contribution in [0.25, 0.3) is 22.1 Å². The summed E-state index contributed by atoms with van der Waals surface area (Å²) in [5, 5.41) is 37.6. The van der Waals surface area contributed by atoms with Crippen molar-refractivity contribution in [1.29, 1.82) is 0 Å². The van der Waals surface area contributed by atoms with Crippen molar-refractivity contribution in [2.75, 3.05) is 0 Å². The summed E-state index contributed by atoms with van der Waals surface area (Å²) in [5.74, 6) is 0. The van der Waals surface area contributed by atoms with E-state index in [2.05, 4.69) is 20.4 Å². The first-order valence-corrected chi connectivity index (χ1v) is 5.87. The third kappa shape index (κ3) is 1.45. The van der Waals surface area contributed by atoms with Crippen LogP contribution in [0.1, 0.15) is 0 Å². The Bertz CT molecular complexity index is 1100. The molecule has 0 aliphatic heterocycles. The van der Waals surface area contributed by atoms with Gasteiger partial charge in [-0.2, -0.15) is 14.7 Å². The van der Waals surface area contributed by atoms with Gasteiger partial charge in [-0.1, -0.05) is 10.2 Å². The number of hydrogen-bond donors (Lipinski definition) is 0. The first-order chi connectivity index (χ1) is 10.6. The number of hydrogen-bond acceptors (Lipinski definition) is 7. The molecule has 3 heterocycles. The van der Waals surface area contributed by atoms with Crippen LogP contribution in [-0.2, 0) is 0 Å². The molecular formula is C10H4N8O4. The molecule has 0 saturated carbocycles. The largest absolute Gasteiger partial charge is 0.292 e. The normalized spacial score (nSPS) is 11.5. The summed E-state index contributed by atoms with van der Waals surface area (Å²) in [5.41, 5.74) is 0.263. The number of aromatic nitrogens is 6.